The minimum Gasteiger partial charge on any atom is -0.339 e. The zero-order chi connectivity index (χ0) is 9.84. The molecule has 2 atom stereocenters. The Morgan fingerprint density at radius 3 is 2.92 bits per heavy atom. The van der Waals surface area contributed by atoms with Crippen molar-refractivity contribution in [3.05, 3.63) is 12.7 Å². The summed E-state index contributed by atoms with van der Waals surface area (Å²) in [5, 5.41) is 0. The Hall–Kier alpha value is -0.830. The summed E-state index contributed by atoms with van der Waals surface area (Å²) in [6.45, 7) is 7.15. The lowest BCUT2D eigenvalue weighted by molar-refractivity contribution is -0.130. The summed E-state index contributed by atoms with van der Waals surface area (Å²) in [5.41, 5.74) is 5.57. The van der Waals surface area contributed by atoms with Gasteiger partial charge in [-0.3, -0.25) is 4.79 Å². The average Bonchev–Trinajstić information content (AvgIpc) is 2.47. The Morgan fingerprint density at radius 2 is 2.46 bits per heavy atom. The number of amides is 1. The molecule has 1 fully saturated rings. The molecule has 1 rings (SSSR count). The van der Waals surface area contributed by atoms with Gasteiger partial charge in [0.05, 0.1) is 0 Å². The van der Waals surface area contributed by atoms with Crippen molar-refractivity contribution < 1.29 is 4.79 Å². The Morgan fingerprint density at radius 1 is 1.77 bits per heavy atom. The predicted octanol–water partition coefficient (Wildman–Crippen LogP) is 0.758. The number of carbonyl (C=O) groups is 1. The van der Waals surface area contributed by atoms with E-state index in [1.807, 2.05) is 4.90 Å². The molecule has 1 aliphatic heterocycles. The van der Waals surface area contributed by atoms with Crippen molar-refractivity contribution in [2.45, 2.75) is 25.8 Å². The normalized spacial score (nSPS) is 27.7. The van der Waals surface area contributed by atoms with E-state index in [0.717, 1.165) is 13.0 Å². The van der Waals surface area contributed by atoms with Crippen LogP contribution in [0.15, 0.2) is 12.7 Å². The van der Waals surface area contributed by atoms with Crippen LogP contribution in [0, 0.1) is 5.92 Å². The molecule has 2 N–H and O–H groups in total. The maximum Gasteiger partial charge on any atom is 0.226 e. The maximum atomic E-state index is 11.5. The number of nitrogens with two attached hydrogens (primary N) is 1. The van der Waals surface area contributed by atoms with Gasteiger partial charge in [0.1, 0.15) is 0 Å². The van der Waals surface area contributed by atoms with Crippen molar-refractivity contribution in [2.24, 2.45) is 11.7 Å². The lowest BCUT2D eigenvalue weighted by Gasteiger charge is -2.20. The number of hydrogen-bond acceptors (Lipinski definition) is 2. The zero-order valence-corrected chi connectivity index (χ0v) is 8.20. The van der Waals surface area contributed by atoms with Crippen molar-refractivity contribution in [2.75, 3.05) is 13.1 Å². The highest BCUT2D eigenvalue weighted by atomic mass is 16.2. The number of rotatable bonds is 3. The fourth-order valence-corrected chi connectivity index (χ4v) is 1.90. The van der Waals surface area contributed by atoms with Crippen molar-refractivity contribution in [1.29, 1.82) is 0 Å². The first-order chi connectivity index (χ1) is 6.19. The Kier molecular flexibility index (Phi) is 3.48. The highest BCUT2D eigenvalue weighted by Gasteiger charge is 2.30. The van der Waals surface area contributed by atoms with Crippen LogP contribution >= 0.6 is 0 Å². The summed E-state index contributed by atoms with van der Waals surface area (Å²) in [6, 6.07) is 0.348. The predicted molar refractivity (Wildman–Crippen MR) is 53.2 cm³/mol. The van der Waals surface area contributed by atoms with E-state index in [-0.39, 0.29) is 5.91 Å². The molecule has 13 heavy (non-hydrogen) atoms. The van der Waals surface area contributed by atoms with Crippen LogP contribution in [0.5, 0.6) is 0 Å². The van der Waals surface area contributed by atoms with Crippen LogP contribution in [-0.4, -0.2) is 29.9 Å². The van der Waals surface area contributed by atoms with Gasteiger partial charge in [-0.15, -0.1) is 6.58 Å². The van der Waals surface area contributed by atoms with Gasteiger partial charge in [0.2, 0.25) is 5.91 Å². The molecule has 0 spiro atoms. The summed E-state index contributed by atoms with van der Waals surface area (Å²) in [5.74, 6) is 0.669. The van der Waals surface area contributed by atoms with Crippen molar-refractivity contribution in [3.8, 4) is 0 Å². The monoisotopic (exact) mass is 182 g/mol. The third kappa shape index (κ3) is 2.31. The smallest absolute Gasteiger partial charge is 0.226 e. The molecule has 2 unspecified atom stereocenters. The fourth-order valence-electron chi connectivity index (χ4n) is 1.90. The van der Waals surface area contributed by atoms with E-state index in [1.54, 1.807) is 6.08 Å². The standard InChI is InChI=1S/C10H18N2O/c1-3-4-10(13)12-7-9(6-11)5-8(12)2/h3,8-9H,1,4-7,11H2,2H3. The van der Waals surface area contributed by atoms with Gasteiger partial charge < -0.3 is 10.6 Å². The van der Waals surface area contributed by atoms with E-state index in [0.29, 0.717) is 24.9 Å². The molecular formula is C10H18N2O. The summed E-state index contributed by atoms with van der Waals surface area (Å²) in [4.78, 5) is 13.4. The molecule has 0 aromatic rings. The summed E-state index contributed by atoms with van der Waals surface area (Å²) < 4.78 is 0. The van der Waals surface area contributed by atoms with Gasteiger partial charge in [-0.05, 0) is 25.8 Å². The van der Waals surface area contributed by atoms with Gasteiger partial charge in [-0.1, -0.05) is 6.08 Å². The highest BCUT2D eigenvalue weighted by molar-refractivity contribution is 5.78. The Labute approximate surface area is 79.6 Å². The molecule has 1 amide bonds. The minimum absolute atomic E-state index is 0.179. The molecule has 0 bridgehead atoms. The van der Waals surface area contributed by atoms with E-state index >= 15 is 0 Å². The van der Waals surface area contributed by atoms with Crippen LogP contribution in [0.4, 0.5) is 0 Å². The molecule has 1 aliphatic rings. The third-order valence-electron chi connectivity index (χ3n) is 2.63. The number of likely N-dealkylation sites (tertiary alicyclic amines) is 1. The van der Waals surface area contributed by atoms with Crippen molar-refractivity contribution >= 4 is 5.91 Å². The second-order valence-electron chi connectivity index (χ2n) is 3.73. The quantitative estimate of drug-likeness (QED) is 0.655. The largest absolute Gasteiger partial charge is 0.339 e. The van der Waals surface area contributed by atoms with E-state index < -0.39 is 0 Å². The first-order valence-corrected chi connectivity index (χ1v) is 4.79. The maximum absolute atomic E-state index is 11.5. The SMILES string of the molecule is C=CCC(=O)N1CC(CN)CC1C. The molecule has 1 saturated heterocycles. The van der Waals surface area contributed by atoms with Crippen LogP contribution in [-0.2, 0) is 4.79 Å². The second kappa shape index (κ2) is 4.42. The highest BCUT2D eigenvalue weighted by Crippen LogP contribution is 2.22. The minimum atomic E-state index is 0.179. The molecule has 0 aromatic carbocycles. The first-order valence-electron chi connectivity index (χ1n) is 4.79. The van der Waals surface area contributed by atoms with Crippen LogP contribution < -0.4 is 5.73 Å². The van der Waals surface area contributed by atoms with E-state index in [4.69, 9.17) is 5.73 Å². The van der Waals surface area contributed by atoms with Gasteiger partial charge in [-0.25, -0.2) is 0 Å². The molecular weight excluding hydrogens is 164 g/mol. The van der Waals surface area contributed by atoms with E-state index in [2.05, 4.69) is 13.5 Å². The number of nitrogens with zero attached hydrogens (tertiary/aromatic N) is 1. The molecule has 1 heterocycles. The molecule has 74 valence electrons. The molecule has 0 aliphatic carbocycles. The van der Waals surface area contributed by atoms with Gasteiger partial charge in [0.15, 0.2) is 0 Å². The summed E-state index contributed by atoms with van der Waals surface area (Å²) in [6.07, 6.45) is 3.14. The Bertz CT molecular complexity index is 203. The van der Waals surface area contributed by atoms with Gasteiger partial charge >= 0.3 is 0 Å². The summed E-state index contributed by atoms with van der Waals surface area (Å²) in [7, 11) is 0. The molecule has 3 heteroatoms. The average molecular weight is 182 g/mol. The van der Waals surface area contributed by atoms with Crippen molar-refractivity contribution in [3.63, 3.8) is 0 Å². The molecule has 3 nitrogen and oxygen atoms in total. The zero-order valence-electron chi connectivity index (χ0n) is 8.20. The van der Waals surface area contributed by atoms with E-state index in [9.17, 15) is 4.79 Å². The fraction of sp³-hybridized carbons (Fsp3) is 0.700. The van der Waals surface area contributed by atoms with Gasteiger partial charge in [0, 0.05) is 19.0 Å². The van der Waals surface area contributed by atoms with Crippen LogP contribution in [0.1, 0.15) is 19.8 Å². The van der Waals surface area contributed by atoms with E-state index in [1.165, 1.54) is 0 Å². The lowest BCUT2D eigenvalue weighted by atomic mass is 10.1. The van der Waals surface area contributed by atoms with Crippen molar-refractivity contribution in [1.82, 2.24) is 4.90 Å². The topological polar surface area (TPSA) is 46.3 Å². The van der Waals surface area contributed by atoms with Gasteiger partial charge in [-0.2, -0.15) is 0 Å². The van der Waals surface area contributed by atoms with Crippen LogP contribution in [0.2, 0.25) is 0 Å². The van der Waals surface area contributed by atoms with Gasteiger partial charge in [0.25, 0.3) is 0 Å². The first kappa shape index (κ1) is 10.3. The van der Waals surface area contributed by atoms with Crippen LogP contribution in [0.25, 0.3) is 0 Å². The number of hydrogen-bond donors (Lipinski definition) is 1. The second-order valence-corrected chi connectivity index (χ2v) is 3.73. The lowest BCUT2D eigenvalue weighted by Crippen LogP contribution is -2.33. The van der Waals surface area contributed by atoms with Crippen LogP contribution in [0.3, 0.4) is 0 Å². The molecule has 0 aromatic heterocycles. The Balaban J connectivity index is 2.51. The molecule has 0 saturated carbocycles. The summed E-state index contributed by atoms with van der Waals surface area (Å²) >= 11 is 0. The molecule has 0 radical (unpaired) electrons. The number of carbonyl (C=O) groups excluding carboxylic acids is 1. The third-order valence-corrected chi connectivity index (χ3v) is 2.63.